The van der Waals surface area contributed by atoms with Crippen LogP contribution in [0.25, 0.3) is 0 Å². The van der Waals surface area contributed by atoms with Crippen LogP contribution < -0.4 is 5.32 Å². The molecule has 0 saturated carbocycles. The van der Waals surface area contributed by atoms with Crippen molar-refractivity contribution in [3.8, 4) is 0 Å². The molecule has 0 aromatic heterocycles. The predicted octanol–water partition coefficient (Wildman–Crippen LogP) is 5.50. The molecule has 0 heterocycles. The molecule has 0 aliphatic rings. The van der Waals surface area contributed by atoms with Gasteiger partial charge in [0.2, 0.25) is 5.91 Å². The summed E-state index contributed by atoms with van der Waals surface area (Å²) in [4.78, 5) is 37.2. The van der Waals surface area contributed by atoms with Crippen LogP contribution in [0.2, 0.25) is 10.0 Å². The average molecular weight is 454 g/mol. The molecule has 2 rings (SSSR count). The Morgan fingerprint density at radius 2 is 1.66 bits per heavy atom. The topological polar surface area (TPSA) is 72.5 Å². The summed E-state index contributed by atoms with van der Waals surface area (Å²) >= 11 is 13.0. The Bertz CT molecular complexity index is 905. The largest absolute Gasteiger partial charge is 0.454 e. The van der Waals surface area contributed by atoms with Crippen molar-refractivity contribution in [3.63, 3.8) is 0 Å². The molecule has 1 N–H and O–H groups in total. The first kappa shape index (κ1) is 23.3. The fraction of sp³-hybridized carbons (Fsp3) is 0.286. The van der Waals surface area contributed by atoms with Crippen LogP contribution in [0, 0.1) is 5.41 Å². The second-order valence-electron chi connectivity index (χ2n) is 7.24. The lowest BCUT2D eigenvalue weighted by Crippen LogP contribution is -2.26. The standard InChI is InChI=1S/C21H21Cl2NO4S/c1-21(2,3)18(25)11-28-20(27)16-6-4-5-7-17(16)29-12-19(26)24-15-9-13(22)8-14(23)10-15/h4-10H,11-12H2,1-3H3,(H,24,26). The van der Waals surface area contributed by atoms with E-state index in [-0.39, 0.29) is 24.1 Å². The summed E-state index contributed by atoms with van der Waals surface area (Å²) < 4.78 is 5.15. The van der Waals surface area contributed by atoms with E-state index in [0.717, 1.165) is 0 Å². The molecule has 5 nitrogen and oxygen atoms in total. The third-order valence-electron chi connectivity index (χ3n) is 3.78. The molecule has 0 fully saturated rings. The molecular weight excluding hydrogens is 433 g/mol. The van der Waals surface area contributed by atoms with E-state index in [0.29, 0.717) is 26.2 Å². The van der Waals surface area contributed by atoms with Crippen molar-refractivity contribution in [2.45, 2.75) is 25.7 Å². The number of anilines is 1. The Morgan fingerprint density at radius 1 is 1.03 bits per heavy atom. The van der Waals surface area contributed by atoms with Crippen LogP contribution >= 0.6 is 35.0 Å². The highest BCUT2D eigenvalue weighted by Gasteiger charge is 2.23. The Balaban J connectivity index is 1.98. The lowest BCUT2D eigenvalue weighted by molar-refractivity contribution is -0.129. The van der Waals surface area contributed by atoms with Crippen LogP contribution in [0.4, 0.5) is 5.69 Å². The predicted molar refractivity (Wildman–Crippen MR) is 117 cm³/mol. The van der Waals surface area contributed by atoms with Crippen molar-refractivity contribution in [2.24, 2.45) is 5.41 Å². The van der Waals surface area contributed by atoms with Gasteiger partial charge < -0.3 is 10.1 Å². The van der Waals surface area contributed by atoms with Gasteiger partial charge in [0.25, 0.3) is 0 Å². The molecule has 1 amide bonds. The van der Waals surface area contributed by atoms with E-state index in [4.69, 9.17) is 27.9 Å². The number of benzene rings is 2. The number of hydrogen-bond acceptors (Lipinski definition) is 5. The third kappa shape index (κ3) is 7.38. The minimum atomic E-state index is -0.604. The summed E-state index contributed by atoms with van der Waals surface area (Å²) in [5.74, 6) is -0.988. The Kier molecular flexibility index (Phi) is 8.14. The van der Waals surface area contributed by atoms with E-state index >= 15 is 0 Å². The number of rotatable bonds is 7. The van der Waals surface area contributed by atoms with E-state index in [1.807, 2.05) is 0 Å². The first-order valence-corrected chi connectivity index (χ1v) is 10.5. The van der Waals surface area contributed by atoms with Gasteiger partial charge in [-0.05, 0) is 30.3 Å². The Labute approximate surface area is 184 Å². The van der Waals surface area contributed by atoms with Crippen LogP contribution in [-0.4, -0.2) is 30.0 Å². The normalized spacial score (nSPS) is 11.1. The van der Waals surface area contributed by atoms with E-state index < -0.39 is 11.4 Å². The van der Waals surface area contributed by atoms with Gasteiger partial charge >= 0.3 is 5.97 Å². The van der Waals surface area contributed by atoms with Gasteiger partial charge in [-0.25, -0.2) is 4.79 Å². The molecule has 29 heavy (non-hydrogen) atoms. The van der Waals surface area contributed by atoms with Crippen molar-refractivity contribution in [3.05, 3.63) is 58.1 Å². The van der Waals surface area contributed by atoms with E-state index in [1.54, 1.807) is 63.2 Å². The minimum absolute atomic E-state index is 0.0648. The first-order valence-electron chi connectivity index (χ1n) is 8.74. The third-order valence-corrected chi connectivity index (χ3v) is 5.29. The number of Topliss-reactive ketones (excluding diaryl/α,β-unsaturated/α-hetero) is 1. The van der Waals surface area contributed by atoms with Crippen LogP contribution in [-0.2, 0) is 14.3 Å². The molecule has 154 valence electrons. The number of hydrogen-bond donors (Lipinski definition) is 1. The van der Waals surface area contributed by atoms with Crippen molar-refractivity contribution in [1.82, 2.24) is 0 Å². The van der Waals surface area contributed by atoms with Crippen LogP contribution in [0.3, 0.4) is 0 Å². The fourth-order valence-corrected chi connectivity index (χ4v) is 3.52. The number of thioether (sulfide) groups is 1. The van der Waals surface area contributed by atoms with Gasteiger partial charge in [0.1, 0.15) is 0 Å². The van der Waals surface area contributed by atoms with Crippen molar-refractivity contribution in [1.29, 1.82) is 0 Å². The highest BCUT2D eigenvalue weighted by atomic mass is 35.5. The van der Waals surface area contributed by atoms with E-state index in [2.05, 4.69) is 5.32 Å². The molecule has 0 aliphatic heterocycles. The molecule has 2 aromatic rings. The molecule has 0 spiro atoms. The van der Waals surface area contributed by atoms with Crippen molar-refractivity contribution in [2.75, 3.05) is 17.7 Å². The number of amides is 1. The van der Waals surface area contributed by atoms with Gasteiger partial charge in [-0.1, -0.05) is 56.1 Å². The first-order chi connectivity index (χ1) is 13.6. The SMILES string of the molecule is CC(C)(C)C(=O)COC(=O)c1ccccc1SCC(=O)Nc1cc(Cl)cc(Cl)c1. The van der Waals surface area contributed by atoms with E-state index in [1.165, 1.54) is 11.8 Å². The second-order valence-corrected chi connectivity index (χ2v) is 9.13. The Morgan fingerprint density at radius 3 is 2.28 bits per heavy atom. The summed E-state index contributed by atoms with van der Waals surface area (Å²) in [6, 6.07) is 11.5. The van der Waals surface area contributed by atoms with Crippen molar-refractivity contribution >= 4 is 58.3 Å². The zero-order chi connectivity index (χ0) is 21.6. The molecule has 0 unspecified atom stereocenters. The summed E-state index contributed by atoms with van der Waals surface area (Å²) in [6.07, 6.45) is 0. The molecule has 0 aliphatic carbocycles. The van der Waals surface area contributed by atoms with Crippen LogP contribution in [0.5, 0.6) is 0 Å². The van der Waals surface area contributed by atoms with Gasteiger partial charge in [-0.2, -0.15) is 0 Å². The number of halogens is 2. The highest BCUT2D eigenvalue weighted by Crippen LogP contribution is 2.25. The fourth-order valence-electron chi connectivity index (χ4n) is 2.15. The summed E-state index contributed by atoms with van der Waals surface area (Å²) in [6.45, 7) is 4.99. The van der Waals surface area contributed by atoms with Gasteiger partial charge in [0.05, 0.1) is 11.3 Å². The highest BCUT2D eigenvalue weighted by molar-refractivity contribution is 8.00. The number of ketones is 1. The number of esters is 1. The van der Waals surface area contributed by atoms with E-state index in [9.17, 15) is 14.4 Å². The lowest BCUT2D eigenvalue weighted by Gasteiger charge is -2.16. The number of carbonyl (C=O) groups excluding carboxylic acids is 3. The summed E-state index contributed by atoms with van der Waals surface area (Å²) in [5, 5.41) is 3.54. The van der Waals surface area contributed by atoms with Gasteiger partial charge in [-0.15, -0.1) is 11.8 Å². The van der Waals surface area contributed by atoms with Gasteiger partial charge in [0, 0.05) is 26.0 Å². The quantitative estimate of drug-likeness (QED) is 0.442. The molecule has 0 atom stereocenters. The zero-order valence-corrected chi connectivity index (χ0v) is 18.6. The number of nitrogens with one attached hydrogen (secondary N) is 1. The molecular formula is C21H21Cl2NO4S. The smallest absolute Gasteiger partial charge is 0.339 e. The summed E-state index contributed by atoms with van der Waals surface area (Å²) in [7, 11) is 0. The Hall–Kier alpha value is -2.02. The summed E-state index contributed by atoms with van der Waals surface area (Å²) in [5.41, 5.74) is 0.204. The van der Waals surface area contributed by atoms with Crippen LogP contribution in [0.1, 0.15) is 31.1 Å². The molecule has 2 aromatic carbocycles. The number of carbonyl (C=O) groups is 3. The van der Waals surface area contributed by atoms with Gasteiger partial charge in [0.15, 0.2) is 12.4 Å². The molecule has 8 heteroatoms. The average Bonchev–Trinajstić information content (AvgIpc) is 2.62. The maximum atomic E-state index is 12.4. The monoisotopic (exact) mass is 453 g/mol. The maximum Gasteiger partial charge on any atom is 0.339 e. The molecule has 0 radical (unpaired) electrons. The van der Waals surface area contributed by atoms with Crippen LogP contribution in [0.15, 0.2) is 47.4 Å². The molecule has 0 saturated heterocycles. The lowest BCUT2D eigenvalue weighted by atomic mass is 9.91. The number of ether oxygens (including phenoxy) is 1. The molecule has 0 bridgehead atoms. The second kappa shape index (κ2) is 10.1. The zero-order valence-electron chi connectivity index (χ0n) is 16.3. The minimum Gasteiger partial charge on any atom is -0.454 e. The van der Waals surface area contributed by atoms with Gasteiger partial charge in [-0.3, -0.25) is 9.59 Å². The van der Waals surface area contributed by atoms with Crippen molar-refractivity contribution < 1.29 is 19.1 Å². The maximum absolute atomic E-state index is 12.4.